The molecule has 0 amide bonds. The highest BCUT2D eigenvalue weighted by molar-refractivity contribution is 7.90. The smallest absolute Gasteiger partial charge is 0.186 e. The van der Waals surface area contributed by atoms with E-state index in [1.54, 1.807) is 0 Å². The second-order valence-corrected chi connectivity index (χ2v) is 7.03. The highest BCUT2D eigenvalue weighted by Crippen LogP contribution is 2.35. The van der Waals surface area contributed by atoms with Crippen LogP contribution in [0.15, 0.2) is 35.2 Å². The molecule has 0 unspecified atom stereocenters. The third kappa shape index (κ3) is 3.45. The zero-order chi connectivity index (χ0) is 15.8. The van der Waals surface area contributed by atoms with Gasteiger partial charge in [-0.05, 0) is 30.3 Å². The van der Waals surface area contributed by atoms with E-state index in [4.69, 9.17) is 23.2 Å². The van der Waals surface area contributed by atoms with Crippen LogP contribution in [0.4, 0.5) is 8.78 Å². The van der Waals surface area contributed by atoms with E-state index in [0.29, 0.717) is 0 Å². The van der Waals surface area contributed by atoms with Crippen LogP contribution >= 0.6 is 23.2 Å². The molecule has 2 rings (SSSR count). The molecule has 0 aromatic heterocycles. The Morgan fingerprint density at radius 3 is 2.43 bits per heavy atom. The summed E-state index contributed by atoms with van der Waals surface area (Å²) < 4.78 is 51.1. The average molecular weight is 353 g/mol. The van der Waals surface area contributed by atoms with Gasteiger partial charge in [-0.3, -0.25) is 0 Å². The molecule has 8 heteroatoms. The normalized spacial score (nSPS) is 11.6. The summed E-state index contributed by atoms with van der Waals surface area (Å²) in [5.74, 6) is -3.15. The first-order valence-electron chi connectivity index (χ1n) is 5.55. The van der Waals surface area contributed by atoms with E-state index in [0.717, 1.165) is 24.3 Å². The molecule has 3 nitrogen and oxygen atoms in total. The first kappa shape index (κ1) is 16.0. The van der Waals surface area contributed by atoms with Gasteiger partial charge < -0.3 is 5.11 Å². The Bertz CT molecular complexity index is 807. The molecule has 2 aromatic carbocycles. The molecule has 0 fully saturated rings. The first-order valence-corrected chi connectivity index (χ1v) is 7.96. The third-order valence-electron chi connectivity index (χ3n) is 2.68. The molecule has 0 heterocycles. The van der Waals surface area contributed by atoms with E-state index in [1.165, 1.54) is 6.07 Å². The number of sulfone groups is 1. The van der Waals surface area contributed by atoms with Gasteiger partial charge in [0.2, 0.25) is 0 Å². The second-order valence-electron chi connectivity index (χ2n) is 4.23. The van der Waals surface area contributed by atoms with Crippen molar-refractivity contribution in [3.63, 3.8) is 0 Å². The van der Waals surface area contributed by atoms with E-state index >= 15 is 0 Å². The molecule has 0 aliphatic carbocycles. The van der Waals surface area contributed by atoms with Gasteiger partial charge in [-0.25, -0.2) is 17.2 Å². The molecule has 0 aliphatic rings. The number of hydrogen-bond donors (Lipinski definition) is 1. The van der Waals surface area contributed by atoms with Crippen molar-refractivity contribution in [2.24, 2.45) is 0 Å². The molecule has 0 spiro atoms. The van der Waals surface area contributed by atoms with E-state index in [1.807, 2.05) is 0 Å². The summed E-state index contributed by atoms with van der Waals surface area (Å²) in [7, 11) is -4.15. The maximum Gasteiger partial charge on any atom is 0.186 e. The Kier molecular flexibility index (Phi) is 4.41. The topological polar surface area (TPSA) is 54.4 Å². The molecule has 1 N–H and O–H groups in total. The van der Waals surface area contributed by atoms with Gasteiger partial charge in [0.1, 0.15) is 16.5 Å². The lowest BCUT2D eigenvalue weighted by molar-refractivity contribution is 0.459. The number of benzene rings is 2. The fourth-order valence-electron chi connectivity index (χ4n) is 1.72. The monoisotopic (exact) mass is 352 g/mol. The van der Waals surface area contributed by atoms with Crippen molar-refractivity contribution < 1.29 is 22.3 Å². The predicted octanol–water partition coefficient (Wildman–Crippen LogP) is 3.95. The Morgan fingerprint density at radius 2 is 1.76 bits per heavy atom. The van der Waals surface area contributed by atoms with Crippen LogP contribution < -0.4 is 0 Å². The van der Waals surface area contributed by atoms with Crippen LogP contribution in [0.5, 0.6) is 5.75 Å². The highest BCUT2D eigenvalue weighted by atomic mass is 35.5. The number of phenols is 1. The van der Waals surface area contributed by atoms with Crippen LogP contribution in [0.25, 0.3) is 0 Å². The first-order chi connectivity index (χ1) is 9.70. The summed E-state index contributed by atoms with van der Waals surface area (Å²) in [6, 6.07) is 4.63. The van der Waals surface area contributed by atoms with E-state index < -0.39 is 37.9 Å². The van der Waals surface area contributed by atoms with Crippen LogP contribution in [0.2, 0.25) is 10.0 Å². The minimum Gasteiger partial charge on any atom is -0.505 e. The van der Waals surface area contributed by atoms with E-state index in [-0.39, 0.29) is 15.6 Å². The third-order valence-corrected chi connectivity index (χ3v) is 4.86. The standard InChI is InChI=1S/C13H8Cl2F2O3S/c14-8-4-10(15)13(18)12(5-8)21(19,20)6-7-3-9(16)1-2-11(7)17/h1-5,18H,6H2. The maximum atomic E-state index is 13.5. The summed E-state index contributed by atoms with van der Waals surface area (Å²) in [5, 5.41) is 9.47. The maximum absolute atomic E-state index is 13.5. The molecule has 21 heavy (non-hydrogen) atoms. The van der Waals surface area contributed by atoms with Gasteiger partial charge in [-0.2, -0.15) is 0 Å². The highest BCUT2D eigenvalue weighted by Gasteiger charge is 2.24. The van der Waals surface area contributed by atoms with Gasteiger partial charge in [0, 0.05) is 10.6 Å². The number of phenolic OH excluding ortho intramolecular Hbond substituents is 1. The van der Waals surface area contributed by atoms with Gasteiger partial charge in [-0.15, -0.1) is 0 Å². The van der Waals surface area contributed by atoms with Gasteiger partial charge in [0.05, 0.1) is 10.8 Å². The number of aromatic hydroxyl groups is 1. The van der Waals surface area contributed by atoms with Crippen molar-refractivity contribution in [2.75, 3.05) is 0 Å². The predicted molar refractivity (Wildman–Crippen MR) is 75.4 cm³/mol. The van der Waals surface area contributed by atoms with Crippen molar-refractivity contribution in [3.8, 4) is 5.75 Å². The minimum absolute atomic E-state index is 0.00362. The fraction of sp³-hybridized carbons (Fsp3) is 0.0769. The molecule has 112 valence electrons. The molecule has 0 saturated heterocycles. The van der Waals surface area contributed by atoms with Crippen LogP contribution in [-0.2, 0) is 15.6 Å². The summed E-state index contributed by atoms with van der Waals surface area (Å²) in [6.07, 6.45) is 0. The van der Waals surface area contributed by atoms with E-state index in [2.05, 4.69) is 0 Å². The van der Waals surface area contributed by atoms with Crippen molar-refractivity contribution in [2.45, 2.75) is 10.6 Å². The number of halogens is 4. The van der Waals surface area contributed by atoms with Crippen molar-refractivity contribution >= 4 is 33.0 Å². The van der Waals surface area contributed by atoms with Crippen LogP contribution in [0.3, 0.4) is 0 Å². The summed E-state index contributed by atoms with van der Waals surface area (Å²) >= 11 is 11.3. The number of rotatable bonds is 3. The number of hydrogen-bond acceptors (Lipinski definition) is 3. The van der Waals surface area contributed by atoms with Crippen LogP contribution in [0, 0.1) is 11.6 Å². The Balaban J connectivity index is 2.51. The molecule has 0 aliphatic heterocycles. The van der Waals surface area contributed by atoms with Gasteiger partial charge in [0.15, 0.2) is 15.6 Å². The zero-order valence-corrected chi connectivity index (χ0v) is 12.6. The Labute approximate surface area is 129 Å². The molecule has 0 saturated carbocycles. The summed E-state index contributed by atoms with van der Waals surface area (Å²) in [5.41, 5.74) is -0.356. The summed E-state index contributed by atoms with van der Waals surface area (Å²) in [6.45, 7) is 0. The average Bonchev–Trinajstić information content (AvgIpc) is 2.37. The quantitative estimate of drug-likeness (QED) is 0.909. The minimum atomic E-state index is -4.15. The zero-order valence-electron chi connectivity index (χ0n) is 10.3. The van der Waals surface area contributed by atoms with Gasteiger partial charge in [0.25, 0.3) is 0 Å². The molecule has 0 atom stereocenters. The SMILES string of the molecule is O=S(=O)(Cc1cc(F)ccc1F)c1cc(Cl)cc(Cl)c1O. The van der Waals surface area contributed by atoms with Crippen molar-refractivity contribution in [1.29, 1.82) is 0 Å². The van der Waals surface area contributed by atoms with Crippen LogP contribution in [-0.4, -0.2) is 13.5 Å². The molecular formula is C13H8Cl2F2O3S. The van der Waals surface area contributed by atoms with Crippen molar-refractivity contribution in [3.05, 3.63) is 57.6 Å². The molecular weight excluding hydrogens is 345 g/mol. The Morgan fingerprint density at radius 1 is 1.10 bits per heavy atom. The van der Waals surface area contributed by atoms with Crippen molar-refractivity contribution in [1.82, 2.24) is 0 Å². The van der Waals surface area contributed by atoms with Gasteiger partial charge >= 0.3 is 0 Å². The lowest BCUT2D eigenvalue weighted by atomic mass is 10.2. The molecule has 0 radical (unpaired) electrons. The van der Waals surface area contributed by atoms with E-state index in [9.17, 15) is 22.3 Å². The summed E-state index contributed by atoms with van der Waals surface area (Å²) in [4.78, 5) is -0.538. The fourth-order valence-corrected chi connectivity index (χ4v) is 3.83. The lowest BCUT2D eigenvalue weighted by Crippen LogP contribution is -2.07. The lowest BCUT2D eigenvalue weighted by Gasteiger charge is -2.09. The second kappa shape index (κ2) is 5.79. The molecule has 0 bridgehead atoms. The van der Waals surface area contributed by atoms with Gasteiger partial charge in [-0.1, -0.05) is 23.2 Å². The Hall–Kier alpha value is -1.37. The largest absolute Gasteiger partial charge is 0.505 e. The van der Waals surface area contributed by atoms with Crippen LogP contribution in [0.1, 0.15) is 5.56 Å². The molecule has 2 aromatic rings.